The molecule has 0 aliphatic carbocycles. The minimum Gasteiger partial charge on any atom is -0.296 e. The third-order valence-corrected chi connectivity index (χ3v) is 4.33. The van der Waals surface area contributed by atoms with Gasteiger partial charge in [-0.2, -0.15) is 5.26 Å². The van der Waals surface area contributed by atoms with E-state index in [0.717, 1.165) is 39.4 Å². The van der Waals surface area contributed by atoms with Gasteiger partial charge < -0.3 is 0 Å². The Bertz CT molecular complexity index is 1100. The smallest absolute Gasteiger partial charge is 0.140 e. The standard InChI is InChI=1S/C20H15N5/c1-13-20(16-5-6-17(10-21)23-12-16)25-14(2)18(7-8-19(25)24-13)15-4-3-9-22-11-15/h3-9,11-12H,1-2H3. The van der Waals surface area contributed by atoms with Crippen LogP contribution in [0, 0.1) is 25.2 Å². The topological polar surface area (TPSA) is 66.9 Å². The summed E-state index contributed by atoms with van der Waals surface area (Å²) < 4.78 is 2.14. The normalized spacial score (nSPS) is 10.8. The molecule has 0 unspecified atom stereocenters. The molecule has 0 aromatic carbocycles. The van der Waals surface area contributed by atoms with Crippen molar-refractivity contribution in [3.05, 3.63) is 72.1 Å². The van der Waals surface area contributed by atoms with Crippen LogP contribution in [0.4, 0.5) is 0 Å². The van der Waals surface area contributed by atoms with Crippen LogP contribution in [0.3, 0.4) is 0 Å². The second-order valence-corrected chi connectivity index (χ2v) is 5.86. The molecule has 0 saturated carbocycles. The molecule has 4 aromatic heterocycles. The lowest BCUT2D eigenvalue weighted by Gasteiger charge is -2.11. The molecule has 5 heteroatoms. The average Bonchev–Trinajstić information content (AvgIpc) is 3.00. The first-order valence-corrected chi connectivity index (χ1v) is 7.94. The number of imidazole rings is 1. The summed E-state index contributed by atoms with van der Waals surface area (Å²) in [7, 11) is 0. The molecule has 0 aliphatic rings. The minimum absolute atomic E-state index is 0.406. The van der Waals surface area contributed by atoms with Gasteiger partial charge in [-0.25, -0.2) is 9.97 Å². The Hall–Kier alpha value is -3.52. The number of hydrogen-bond acceptors (Lipinski definition) is 4. The zero-order valence-corrected chi connectivity index (χ0v) is 13.9. The van der Waals surface area contributed by atoms with Gasteiger partial charge in [0.05, 0.1) is 11.4 Å². The molecule has 0 amide bonds. The van der Waals surface area contributed by atoms with Crippen LogP contribution in [0.1, 0.15) is 17.1 Å². The summed E-state index contributed by atoms with van der Waals surface area (Å²) in [4.78, 5) is 13.1. The highest BCUT2D eigenvalue weighted by atomic mass is 15.0. The molecule has 4 heterocycles. The summed E-state index contributed by atoms with van der Waals surface area (Å²) in [6.07, 6.45) is 5.36. The maximum Gasteiger partial charge on any atom is 0.140 e. The van der Waals surface area contributed by atoms with Gasteiger partial charge in [0.15, 0.2) is 0 Å². The van der Waals surface area contributed by atoms with Crippen molar-refractivity contribution in [2.45, 2.75) is 13.8 Å². The van der Waals surface area contributed by atoms with E-state index in [9.17, 15) is 0 Å². The number of aromatic nitrogens is 4. The van der Waals surface area contributed by atoms with Crippen molar-refractivity contribution >= 4 is 5.65 Å². The van der Waals surface area contributed by atoms with Crippen LogP contribution >= 0.6 is 0 Å². The Balaban J connectivity index is 1.98. The fourth-order valence-electron chi connectivity index (χ4n) is 3.17. The van der Waals surface area contributed by atoms with Crippen LogP contribution in [0.5, 0.6) is 0 Å². The lowest BCUT2D eigenvalue weighted by molar-refractivity contribution is 1.09. The minimum atomic E-state index is 0.406. The first-order chi connectivity index (χ1) is 12.2. The van der Waals surface area contributed by atoms with E-state index in [0.29, 0.717) is 5.69 Å². The molecule has 0 fully saturated rings. The maximum atomic E-state index is 8.96. The van der Waals surface area contributed by atoms with Crippen molar-refractivity contribution in [2.24, 2.45) is 0 Å². The van der Waals surface area contributed by atoms with Crippen LogP contribution in [-0.2, 0) is 0 Å². The highest BCUT2D eigenvalue weighted by Crippen LogP contribution is 2.30. The number of fused-ring (bicyclic) bond motifs is 1. The third kappa shape index (κ3) is 2.45. The molecule has 4 aromatic rings. The van der Waals surface area contributed by atoms with Gasteiger partial charge in [-0.3, -0.25) is 9.38 Å². The van der Waals surface area contributed by atoms with E-state index in [1.807, 2.05) is 37.4 Å². The molecule has 5 nitrogen and oxygen atoms in total. The van der Waals surface area contributed by atoms with E-state index in [1.54, 1.807) is 18.5 Å². The maximum absolute atomic E-state index is 8.96. The summed E-state index contributed by atoms with van der Waals surface area (Å²) in [6, 6.07) is 13.8. The number of aryl methyl sites for hydroxylation is 2. The van der Waals surface area contributed by atoms with Gasteiger partial charge in [0.2, 0.25) is 0 Å². The Labute approximate surface area is 145 Å². The third-order valence-electron chi connectivity index (χ3n) is 4.33. The summed E-state index contributed by atoms with van der Waals surface area (Å²) in [6.45, 7) is 4.07. The Morgan fingerprint density at radius 3 is 2.56 bits per heavy atom. The molecule has 0 N–H and O–H groups in total. The molecule has 0 bridgehead atoms. The SMILES string of the molecule is Cc1nc2ccc(-c3cccnc3)c(C)n2c1-c1ccc(C#N)nc1. The highest BCUT2D eigenvalue weighted by Gasteiger charge is 2.15. The van der Waals surface area contributed by atoms with Crippen molar-refractivity contribution in [1.82, 2.24) is 19.4 Å². The molecule has 0 radical (unpaired) electrons. The molecule has 4 rings (SSSR count). The van der Waals surface area contributed by atoms with Crippen molar-refractivity contribution in [3.63, 3.8) is 0 Å². The number of nitriles is 1. The predicted octanol–water partition coefficient (Wildman–Crippen LogP) is 3.95. The number of nitrogens with zero attached hydrogens (tertiary/aromatic N) is 5. The van der Waals surface area contributed by atoms with Crippen LogP contribution in [0.15, 0.2) is 55.0 Å². The average molecular weight is 325 g/mol. The summed E-state index contributed by atoms with van der Waals surface area (Å²) >= 11 is 0. The Kier molecular flexibility index (Phi) is 3.51. The quantitative estimate of drug-likeness (QED) is 0.560. The Morgan fingerprint density at radius 2 is 1.88 bits per heavy atom. The Morgan fingerprint density at radius 1 is 1.00 bits per heavy atom. The van der Waals surface area contributed by atoms with Crippen LogP contribution in [0.25, 0.3) is 28.0 Å². The fraction of sp³-hybridized carbons (Fsp3) is 0.100. The van der Waals surface area contributed by atoms with Gasteiger partial charge in [0.25, 0.3) is 0 Å². The van der Waals surface area contributed by atoms with Crippen molar-refractivity contribution in [2.75, 3.05) is 0 Å². The van der Waals surface area contributed by atoms with Gasteiger partial charge in [0, 0.05) is 41.0 Å². The van der Waals surface area contributed by atoms with Gasteiger partial charge in [-0.05, 0) is 44.2 Å². The van der Waals surface area contributed by atoms with E-state index >= 15 is 0 Å². The summed E-state index contributed by atoms with van der Waals surface area (Å²) in [5.41, 5.74) is 7.43. The lowest BCUT2D eigenvalue weighted by Crippen LogP contribution is -1.98. The van der Waals surface area contributed by atoms with Crippen molar-refractivity contribution in [1.29, 1.82) is 5.26 Å². The molecule has 0 spiro atoms. The first-order valence-electron chi connectivity index (χ1n) is 7.94. The van der Waals surface area contributed by atoms with Gasteiger partial charge in [-0.1, -0.05) is 6.07 Å². The molecule has 25 heavy (non-hydrogen) atoms. The van der Waals surface area contributed by atoms with E-state index < -0.39 is 0 Å². The molecule has 0 atom stereocenters. The zero-order valence-electron chi connectivity index (χ0n) is 13.9. The van der Waals surface area contributed by atoms with Crippen molar-refractivity contribution in [3.8, 4) is 28.5 Å². The van der Waals surface area contributed by atoms with Gasteiger partial charge in [-0.15, -0.1) is 0 Å². The number of hydrogen-bond donors (Lipinski definition) is 0. The predicted molar refractivity (Wildman–Crippen MR) is 95.8 cm³/mol. The van der Waals surface area contributed by atoms with Crippen LogP contribution < -0.4 is 0 Å². The second-order valence-electron chi connectivity index (χ2n) is 5.86. The summed E-state index contributed by atoms with van der Waals surface area (Å²) in [5, 5.41) is 8.96. The highest BCUT2D eigenvalue weighted by molar-refractivity contribution is 5.73. The molecule has 0 aliphatic heterocycles. The monoisotopic (exact) mass is 325 g/mol. The zero-order chi connectivity index (χ0) is 17.4. The molecular formula is C20H15N5. The van der Waals surface area contributed by atoms with Gasteiger partial charge in [0.1, 0.15) is 17.4 Å². The van der Waals surface area contributed by atoms with Gasteiger partial charge >= 0.3 is 0 Å². The van der Waals surface area contributed by atoms with E-state index in [-0.39, 0.29) is 0 Å². The van der Waals surface area contributed by atoms with E-state index in [2.05, 4.69) is 38.4 Å². The van der Waals surface area contributed by atoms with E-state index in [4.69, 9.17) is 5.26 Å². The summed E-state index contributed by atoms with van der Waals surface area (Å²) in [5.74, 6) is 0. The first kappa shape index (κ1) is 15.0. The lowest BCUT2D eigenvalue weighted by atomic mass is 10.1. The fourth-order valence-corrected chi connectivity index (χ4v) is 3.17. The molecule has 0 saturated heterocycles. The molecular weight excluding hydrogens is 310 g/mol. The largest absolute Gasteiger partial charge is 0.296 e. The second kappa shape index (κ2) is 5.84. The van der Waals surface area contributed by atoms with E-state index in [1.165, 1.54) is 0 Å². The van der Waals surface area contributed by atoms with Crippen molar-refractivity contribution < 1.29 is 0 Å². The molecule has 120 valence electrons. The number of rotatable bonds is 2. The van der Waals surface area contributed by atoms with Crippen LogP contribution in [0.2, 0.25) is 0 Å². The van der Waals surface area contributed by atoms with Crippen LogP contribution in [-0.4, -0.2) is 19.4 Å². The number of pyridine rings is 3.